The van der Waals surface area contributed by atoms with Crippen LogP contribution in [0.3, 0.4) is 0 Å². The lowest BCUT2D eigenvalue weighted by Crippen LogP contribution is -2.48. The minimum absolute atomic E-state index is 0.0386. The standard InChI is InChI=1S/C8H13F3N2O2/c9-8(10,11)4-13-7(15)3-12-5-1-6(14)2-5/h5-6,12,14H,1-4H2,(H,13,15). The van der Waals surface area contributed by atoms with Crippen molar-refractivity contribution in [3.63, 3.8) is 0 Å². The zero-order valence-electron chi connectivity index (χ0n) is 7.97. The van der Waals surface area contributed by atoms with Gasteiger partial charge in [0.05, 0.1) is 12.6 Å². The molecule has 0 spiro atoms. The van der Waals surface area contributed by atoms with Gasteiger partial charge in [0.15, 0.2) is 0 Å². The van der Waals surface area contributed by atoms with Gasteiger partial charge in [0, 0.05) is 6.04 Å². The molecule has 0 aromatic carbocycles. The lowest BCUT2D eigenvalue weighted by Gasteiger charge is -2.31. The molecule has 1 saturated carbocycles. The summed E-state index contributed by atoms with van der Waals surface area (Å²) < 4.78 is 35.0. The first-order valence-electron chi connectivity index (χ1n) is 4.62. The van der Waals surface area contributed by atoms with E-state index in [9.17, 15) is 18.0 Å². The Hall–Kier alpha value is -0.820. The highest BCUT2D eigenvalue weighted by atomic mass is 19.4. The monoisotopic (exact) mass is 226 g/mol. The lowest BCUT2D eigenvalue weighted by molar-refractivity contribution is -0.138. The molecule has 15 heavy (non-hydrogen) atoms. The van der Waals surface area contributed by atoms with Gasteiger partial charge in [-0.25, -0.2) is 0 Å². The number of hydrogen-bond acceptors (Lipinski definition) is 3. The van der Waals surface area contributed by atoms with Gasteiger partial charge in [-0.3, -0.25) is 4.79 Å². The Bertz CT molecular complexity index is 226. The number of amides is 1. The zero-order valence-corrected chi connectivity index (χ0v) is 7.97. The molecule has 0 saturated heterocycles. The van der Waals surface area contributed by atoms with Crippen LogP contribution in [-0.4, -0.2) is 42.4 Å². The molecule has 1 aliphatic carbocycles. The Kier molecular flexibility index (Phi) is 3.92. The molecule has 1 fully saturated rings. The van der Waals surface area contributed by atoms with E-state index in [2.05, 4.69) is 5.32 Å². The molecular formula is C8H13F3N2O2. The summed E-state index contributed by atoms with van der Waals surface area (Å²) in [5.74, 6) is -0.686. The number of alkyl halides is 3. The van der Waals surface area contributed by atoms with Gasteiger partial charge in [-0.15, -0.1) is 0 Å². The first-order chi connectivity index (χ1) is 6.87. The SMILES string of the molecule is O=C(CNC1CC(O)C1)NCC(F)(F)F. The fourth-order valence-electron chi connectivity index (χ4n) is 1.25. The third kappa shape index (κ3) is 4.98. The third-order valence-corrected chi connectivity index (χ3v) is 2.15. The van der Waals surface area contributed by atoms with Crippen molar-refractivity contribution in [3.05, 3.63) is 0 Å². The number of carbonyl (C=O) groups is 1. The molecule has 1 aliphatic rings. The molecule has 1 rings (SSSR count). The van der Waals surface area contributed by atoms with Crippen molar-refractivity contribution in [2.75, 3.05) is 13.1 Å². The number of hydrogen-bond donors (Lipinski definition) is 3. The Labute approximate surface area is 84.8 Å². The second-order valence-electron chi connectivity index (χ2n) is 3.59. The molecule has 0 bridgehead atoms. The second-order valence-corrected chi connectivity index (χ2v) is 3.59. The predicted molar refractivity (Wildman–Crippen MR) is 46.1 cm³/mol. The van der Waals surface area contributed by atoms with Crippen molar-refractivity contribution in [1.82, 2.24) is 10.6 Å². The van der Waals surface area contributed by atoms with Gasteiger partial charge in [0.1, 0.15) is 6.54 Å². The van der Waals surface area contributed by atoms with Gasteiger partial charge in [0.25, 0.3) is 0 Å². The largest absolute Gasteiger partial charge is 0.405 e. The third-order valence-electron chi connectivity index (χ3n) is 2.15. The summed E-state index contributed by atoms with van der Waals surface area (Å²) in [4.78, 5) is 10.9. The molecule has 0 unspecified atom stereocenters. The van der Waals surface area contributed by atoms with Crippen LogP contribution >= 0.6 is 0 Å². The van der Waals surface area contributed by atoms with Crippen LogP contribution in [0.1, 0.15) is 12.8 Å². The number of aliphatic hydroxyl groups is 1. The summed E-state index contributed by atoms with van der Waals surface area (Å²) in [7, 11) is 0. The molecule has 0 aromatic rings. The molecule has 0 atom stereocenters. The van der Waals surface area contributed by atoms with Gasteiger partial charge in [-0.2, -0.15) is 13.2 Å². The molecule has 0 radical (unpaired) electrons. The summed E-state index contributed by atoms with van der Waals surface area (Å²) in [6, 6.07) is 0.0386. The Balaban J connectivity index is 2.04. The minimum Gasteiger partial charge on any atom is -0.393 e. The summed E-state index contributed by atoms with van der Waals surface area (Å²) in [5.41, 5.74) is 0. The maximum atomic E-state index is 11.7. The van der Waals surface area contributed by atoms with Crippen molar-refractivity contribution in [2.45, 2.75) is 31.2 Å². The van der Waals surface area contributed by atoms with E-state index in [4.69, 9.17) is 5.11 Å². The molecule has 4 nitrogen and oxygen atoms in total. The average Bonchev–Trinajstić information content (AvgIpc) is 2.06. The molecule has 0 aliphatic heterocycles. The smallest absolute Gasteiger partial charge is 0.393 e. The van der Waals surface area contributed by atoms with Crippen molar-refractivity contribution >= 4 is 5.91 Å². The highest BCUT2D eigenvalue weighted by molar-refractivity contribution is 5.78. The quantitative estimate of drug-likeness (QED) is 0.621. The van der Waals surface area contributed by atoms with Crippen LogP contribution in [0.2, 0.25) is 0 Å². The van der Waals surface area contributed by atoms with Crippen LogP contribution in [0.25, 0.3) is 0 Å². The Morgan fingerprint density at radius 1 is 1.40 bits per heavy atom. The number of aliphatic hydroxyl groups excluding tert-OH is 1. The van der Waals surface area contributed by atoms with E-state index in [1.807, 2.05) is 0 Å². The summed E-state index contributed by atoms with van der Waals surface area (Å²) >= 11 is 0. The van der Waals surface area contributed by atoms with Crippen molar-refractivity contribution in [3.8, 4) is 0 Å². The van der Waals surface area contributed by atoms with Crippen molar-refractivity contribution in [2.24, 2.45) is 0 Å². The van der Waals surface area contributed by atoms with Gasteiger partial charge in [0.2, 0.25) is 5.91 Å². The van der Waals surface area contributed by atoms with Gasteiger partial charge in [-0.05, 0) is 12.8 Å². The van der Waals surface area contributed by atoms with Crippen LogP contribution in [0.4, 0.5) is 13.2 Å². The molecule has 0 aromatic heterocycles. The first-order valence-corrected chi connectivity index (χ1v) is 4.62. The van der Waals surface area contributed by atoms with Crippen molar-refractivity contribution in [1.29, 1.82) is 0 Å². The van der Waals surface area contributed by atoms with Gasteiger partial charge < -0.3 is 15.7 Å². The van der Waals surface area contributed by atoms with E-state index in [1.54, 1.807) is 5.32 Å². The molecule has 3 N–H and O–H groups in total. The zero-order chi connectivity index (χ0) is 11.5. The van der Waals surface area contributed by atoms with E-state index in [0.717, 1.165) is 0 Å². The van der Waals surface area contributed by atoms with Gasteiger partial charge >= 0.3 is 6.18 Å². The molecule has 0 heterocycles. The fourth-order valence-corrected chi connectivity index (χ4v) is 1.25. The van der Waals surface area contributed by atoms with Gasteiger partial charge in [-0.1, -0.05) is 0 Å². The van der Waals surface area contributed by atoms with Crippen molar-refractivity contribution < 1.29 is 23.1 Å². The summed E-state index contributed by atoms with van der Waals surface area (Å²) in [6.45, 7) is -1.45. The van der Waals surface area contributed by atoms with E-state index < -0.39 is 18.6 Å². The maximum absolute atomic E-state index is 11.7. The number of halogens is 3. The van der Waals surface area contributed by atoms with Crippen LogP contribution < -0.4 is 10.6 Å². The van der Waals surface area contributed by atoms with Crippen LogP contribution in [0, 0.1) is 0 Å². The van der Waals surface area contributed by atoms with E-state index in [1.165, 1.54) is 0 Å². The van der Waals surface area contributed by atoms with Crippen LogP contribution in [0.5, 0.6) is 0 Å². The summed E-state index contributed by atoms with van der Waals surface area (Å²) in [5, 5.41) is 13.4. The molecular weight excluding hydrogens is 213 g/mol. The Morgan fingerprint density at radius 3 is 2.47 bits per heavy atom. The molecule has 1 amide bonds. The summed E-state index contributed by atoms with van der Waals surface area (Å²) in [6.07, 6.45) is -3.62. The van der Waals surface area contributed by atoms with E-state index in [0.29, 0.717) is 12.8 Å². The molecule has 7 heteroatoms. The number of carbonyl (C=O) groups excluding carboxylic acids is 1. The normalized spacial score (nSPS) is 25.9. The fraction of sp³-hybridized carbons (Fsp3) is 0.875. The predicted octanol–water partition coefficient (Wildman–Crippen LogP) is -0.222. The number of rotatable bonds is 4. The highest BCUT2D eigenvalue weighted by Gasteiger charge is 2.29. The Morgan fingerprint density at radius 2 is 2.00 bits per heavy atom. The first kappa shape index (κ1) is 12.3. The maximum Gasteiger partial charge on any atom is 0.405 e. The molecule has 88 valence electrons. The topological polar surface area (TPSA) is 61.4 Å². The minimum atomic E-state index is -4.37. The van der Waals surface area contributed by atoms with E-state index >= 15 is 0 Å². The lowest BCUT2D eigenvalue weighted by atomic mass is 9.89. The van der Waals surface area contributed by atoms with Crippen LogP contribution in [-0.2, 0) is 4.79 Å². The second kappa shape index (κ2) is 4.80. The highest BCUT2D eigenvalue weighted by Crippen LogP contribution is 2.18. The van der Waals surface area contributed by atoms with Crippen LogP contribution in [0.15, 0.2) is 0 Å². The average molecular weight is 226 g/mol. The van der Waals surface area contributed by atoms with E-state index in [-0.39, 0.29) is 18.7 Å². The number of nitrogens with one attached hydrogen (secondary N) is 2.